The van der Waals surface area contributed by atoms with E-state index >= 15 is 0 Å². The Hall–Kier alpha value is -2.61. The summed E-state index contributed by atoms with van der Waals surface area (Å²) in [5.74, 6) is 0.296. The second-order valence-corrected chi connectivity index (χ2v) is 6.48. The molecule has 1 aliphatic heterocycles. The fraction of sp³-hybridized carbons (Fsp3) is 0.500. The van der Waals surface area contributed by atoms with Crippen molar-refractivity contribution in [3.05, 3.63) is 40.9 Å². The Bertz CT molecular complexity index is 753. The molecule has 3 rings (SSSR count). The van der Waals surface area contributed by atoms with Gasteiger partial charge in [0.15, 0.2) is 0 Å². The van der Waals surface area contributed by atoms with E-state index in [0.29, 0.717) is 12.5 Å². The maximum absolute atomic E-state index is 11.4. The van der Waals surface area contributed by atoms with E-state index in [1.165, 1.54) is 16.6 Å². The van der Waals surface area contributed by atoms with Crippen molar-refractivity contribution in [3.8, 4) is 5.88 Å². The lowest BCUT2D eigenvalue weighted by Crippen LogP contribution is -2.46. The molecule has 8 heteroatoms. The quantitative estimate of drug-likeness (QED) is 0.577. The van der Waals surface area contributed by atoms with Crippen LogP contribution in [0.2, 0.25) is 0 Å². The second-order valence-electron chi connectivity index (χ2n) is 6.48. The van der Waals surface area contributed by atoms with Gasteiger partial charge in [0.25, 0.3) is 0 Å². The number of hydrogen-bond donors (Lipinski definition) is 1. The number of nitrogens with two attached hydrogens (primary N) is 1. The molecular formula is C18H26N6O2. The average molecular weight is 358 g/mol. The molecule has 140 valence electrons. The van der Waals surface area contributed by atoms with Crippen LogP contribution in [-0.4, -0.2) is 59.0 Å². The van der Waals surface area contributed by atoms with Gasteiger partial charge < -0.3 is 15.4 Å². The van der Waals surface area contributed by atoms with E-state index in [4.69, 9.17) is 10.5 Å². The van der Waals surface area contributed by atoms with E-state index in [1.54, 1.807) is 7.05 Å². The summed E-state index contributed by atoms with van der Waals surface area (Å²) in [6, 6.07) is 8.08. The fourth-order valence-corrected chi connectivity index (χ4v) is 2.98. The third kappa shape index (κ3) is 4.95. The van der Waals surface area contributed by atoms with Crippen molar-refractivity contribution in [2.24, 2.45) is 7.05 Å². The van der Waals surface area contributed by atoms with Crippen molar-refractivity contribution in [2.75, 3.05) is 50.0 Å². The molecule has 0 spiro atoms. The lowest BCUT2D eigenvalue weighted by Gasteiger charge is -2.36. The van der Waals surface area contributed by atoms with Crippen LogP contribution in [0.4, 0.5) is 11.4 Å². The zero-order valence-electron chi connectivity index (χ0n) is 15.2. The number of anilines is 2. The van der Waals surface area contributed by atoms with E-state index in [-0.39, 0.29) is 0 Å². The van der Waals surface area contributed by atoms with Crippen LogP contribution in [0, 0.1) is 0 Å². The predicted molar refractivity (Wildman–Crippen MR) is 102 cm³/mol. The van der Waals surface area contributed by atoms with E-state index in [2.05, 4.69) is 32.0 Å². The summed E-state index contributed by atoms with van der Waals surface area (Å²) < 4.78 is 6.67. The Morgan fingerprint density at radius 2 is 1.85 bits per heavy atom. The highest BCUT2D eigenvalue weighted by Crippen LogP contribution is 2.18. The molecule has 26 heavy (non-hydrogen) atoms. The SMILES string of the molecule is Cn1ncc(OCCCCN2CCN(c3ccc(N)cc3)CC2)nc1=O. The standard InChI is InChI=1S/C18H26N6O2/c1-22-18(25)21-17(14-20-22)26-13-3-2-8-23-9-11-24(12-10-23)16-6-4-15(19)5-7-16/h4-7,14H,2-3,8-13,19H2,1H3. The lowest BCUT2D eigenvalue weighted by molar-refractivity contribution is 0.235. The van der Waals surface area contributed by atoms with Crippen molar-refractivity contribution < 1.29 is 4.74 Å². The van der Waals surface area contributed by atoms with Gasteiger partial charge in [-0.25, -0.2) is 9.48 Å². The molecule has 1 saturated heterocycles. The molecule has 2 aromatic rings. The van der Waals surface area contributed by atoms with Gasteiger partial charge in [0.2, 0.25) is 5.88 Å². The molecule has 1 fully saturated rings. The highest BCUT2D eigenvalue weighted by atomic mass is 16.5. The minimum absolute atomic E-state index is 0.296. The van der Waals surface area contributed by atoms with Gasteiger partial charge in [0.05, 0.1) is 6.61 Å². The van der Waals surface area contributed by atoms with E-state index in [1.807, 2.05) is 12.1 Å². The number of nitrogens with zero attached hydrogens (tertiary/aromatic N) is 5. The Morgan fingerprint density at radius 1 is 1.12 bits per heavy atom. The van der Waals surface area contributed by atoms with Gasteiger partial charge >= 0.3 is 5.69 Å². The molecule has 0 unspecified atom stereocenters. The number of aryl methyl sites for hydroxylation is 1. The molecule has 0 atom stereocenters. The molecule has 8 nitrogen and oxygen atoms in total. The average Bonchev–Trinajstić information content (AvgIpc) is 2.65. The number of benzene rings is 1. The number of aromatic nitrogens is 3. The Balaban J connectivity index is 1.32. The maximum atomic E-state index is 11.4. The number of rotatable bonds is 7. The molecule has 0 saturated carbocycles. The van der Waals surface area contributed by atoms with Gasteiger partial charge in [0, 0.05) is 44.6 Å². The molecule has 0 aliphatic carbocycles. The smallest absolute Gasteiger partial charge is 0.366 e. The van der Waals surface area contributed by atoms with Crippen LogP contribution in [-0.2, 0) is 7.05 Å². The number of nitrogen functional groups attached to an aromatic ring is 1. The van der Waals surface area contributed by atoms with Gasteiger partial charge in [-0.3, -0.25) is 4.90 Å². The van der Waals surface area contributed by atoms with E-state index in [0.717, 1.165) is 51.3 Å². The Morgan fingerprint density at radius 3 is 2.54 bits per heavy atom. The first-order valence-electron chi connectivity index (χ1n) is 8.98. The van der Waals surface area contributed by atoms with Crippen molar-refractivity contribution >= 4 is 11.4 Å². The van der Waals surface area contributed by atoms with Crippen LogP contribution in [0.25, 0.3) is 0 Å². The number of unbranched alkanes of at least 4 members (excludes halogenated alkanes) is 1. The summed E-state index contributed by atoms with van der Waals surface area (Å²) in [6.07, 6.45) is 3.45. The topological polar surface area (TPSA) is 89.5 Å². The zero-order chi connectivity index (χ0) is 18.4. The van der Waals surface area contributed by atoms with Crippen LogP contribution in [0.15, 0.2) is 35.3 Å². The molecule has 1 aliphatic rings. The van der Waals surface area contributed by atoms with Gasteiger partial charge in [-0.05, 0) is 43.7 Å². The Kier molecular flexibility index (Phi) is 6.06. The van der Waals surface area contributed by atoms with Crippen molar-refractivity contribution in [1.29, 1.82) is 0 Å². The van der Waals surface area contributed by atoms with E-state index in [9.17, 15) is 4.79 Å². The van der Waals surface area contributed by atoms with Crippen LogP contribution < -0.4 is 21.1 Å². The molecule has 0 amide bonds. The number of ether oxygens (including phenoxy) is 1. The van der Waals surface area contributed by atoms with Crippen molar-refractivity contribution in [2.45, 2.75) is 12.8 Å². The van der Waals surface area contributed by atoms with Crippen LogP contribution in [0.3, 0.4) is 0 Å². The molecule has 0 radical (unpaired) electrons. The first kappa shape index (κ1) is 18.2. The van der Waals surface area contributed by atoms with Gasteiger partial charge in [-0.15, -0.1) is 0 Å². The third-order valence-corrected chi connectivity index (χ3v) is 4.57. The number of piperazine rings is 1. The molecular weight excluding hydrogens is 332 g/mol. The molecule has 0 bridgehead atoms. The van der Waals surface area contributed by atoms with Gasteiger partial charge in [-0.1, -0.05) is 0 Å². The number of hydrogen-bond acceptors (Lipinski definition) is 7. The lowest BCUT2D eigenvalue weighted by atomic mass is 10.2. The maximum Gasteiger partial charge on any atom is 0.366 e. The van der Waals surface area contributed by atoms with Gasteiger partial charge in [0.1, 0.15) is 6.20 Å². The highest BCUT2D eigenvalue weighted by Gasteiger charge is 2.16. The zero-order valence-corrected chi connectivity index (χ0v) is 15.2. The van der Waals surface area contributed by atoms with E-state index < -0.39 is 5.69 Å². The normalized spacial score (nSPS) is 15.2. The summed E-state index contributed by atoms with van der Waals surface area (Å²) >= 11 is 0. The Labute approximate surface area is 153 Å². The van der Waals surface area contributed by atoms with Crippen LogP contribution in [0.5, 0.6) is 5.88 Å². The largest absolute Gasteiger partial charge is 0.476 e. The molecule has 2 N–H and O–H groups in total. The predicted octanol–water partition coefficient (Wildman–Crippen LogP) is 0.739. The molecule has 2 heterocycles. The molecule has 1 aromatic heterocycles. The fourth-order valence-electron chi connectivity index (χ4n) is 2.98. The van der Waals surface area contributed by atoms with Gasteiger partial charge in [-0.2, -0.15) is 10.1 Å². The van der Waals surface area contributed by atoms with Crippen molar-refractivity contribution in [3.63, 3.8) is 0 Å². The molecule has 1 aromatic carbocycles. The minimum atomic E-state index is -0.401. The monoisotopic (exact) mass is 358 g/mol. The van der Waals surface area contributed by atoms with Crippen LogP contribution >= 0.6 is 0 Å². The highest BCUT2D eigenvalue weighted by molar-refractivity contribution is 5.53. The summed E-state index contributed by atoms with van der Waals surface area (Å²) in [5, 5.41) is 3.88. The summed E-state index contributed by atoms with van der Waals surface area (Å²) in [4.78, 5) is 20.0. The second kappa shape index (κ2) is 8.66. The first-order valence-corrected chi connectivity index (χ1v) is 8.98. The first-order chi connectivity index (χ1) is 12.6. The minimum Gasteiger partial charge on any atom is -0.476 e. The van der Waals surface area contributed by atoms with Crippen LogP contribution in [0.1, 0.15) is 12.8 Å². The third-order valence-electron chi connectivity index (χ3n) is 4.57. The van der Waals surface area contributed by atoms with Crippen molar-refractivity contribution in [1.82, 2.24) is 19.7 Å². The summed E-state index contributed by atoms with van der Waals surface area (Å²) in [7, 11) is 1.56. The summed E-state index contributed by atoms with van der Waals surface area (Å²) in [6.45, 7) is 5.79. The summed E-state index contributed by atoms with van der Waals surface area (Å²) in [5.41, 5.74) is 7.39.